The van der Waals surface area contributed by atoms with Crippen LogP contribution in [-0.4, -0.2) is 57.4 Å². The first kappa shape index (κ1) is 27.5. The van der Waals surface area contributed by atoms with Crippen LogP contribution in [0.4, 0.5) is 30.7 Å². The number of hydrogen-bond acceptors (Lipinski definition) is 4. The summed E-state index contributed by atoms with van der Waals surface area (Å²) in [5.74, 6) is -0.305. The van der Waals surface area contributed by atoms with Gasteiger partial charge in [-0.1, -0.05) is 42.5 Å². The van der Waals surface area contributed by atoms with Gasteiger partial charge in [0.1, 0.15) is 5.82 Å². The lowest BCUT2D eigenvalue weighted by Gasteiger charge is -2.56. The van der Waals surface area contributed by atoms with Gasteiger partial charge in [-0.15, -0.1) is 0 Å². The molecule has 3 fully saturated rings. The number of aromatic nitrogens is 1. The Balaban J connectivity index is 1.25. The third-order valence-corrected chi connectivity index (χ3v) is 7.76. The fourth-order valence-electron chi connectivity index (χ4n) is 5.68. The lowest BCUT2D eigenvalue weighted by atomic mass is 9.86. The Hall–Kier alpha value is -3.02. The van der Waals surface area contributed by atoms with Gasteiger partial charge in [-0.25, -0.2) is 4.39 Å². The topological polar surface area (TPSA) is 39.6 Å². The number of piperidine rings is 1. The molecule has 0 saturated carbocycles. The Morgan fingerprint density at radius 2 is 1.54 bits per heavy atom. The van der Waals surface area contributed by atoms with E-state index in [2.05, 4.69) is 14.8 Å². The lowest BCUT2D eigenvalue weighted by molar-refractivity contribution is -0.376. The molecule has 3 saturated heterocycles. The number of hydrogen-bond donors (Lipinski definition) is 1. The lowest BCUT2D eigenvalue weighted by Crippen LogP contribution is -2.67. The van der Waals surface area contributed by atoms with E-state index in [0.717, 1.165) is 42.8 Å². The van der Waals surface area contributed by atoms with Crippen LogP contribution in [0.5, 0.6) is 0 Å². The normalized spacial score (nSPS) is 20.6. The van der Waals surface area contributed by atoms with Gasteiger partial charge in [-0.3, -0.25) is 14.8 Å². The van der Waals surface area contributed by atoms with Crippen LogP contribution in [0.25, 0.3) is 11.1 Å². The molecule has 4 nitrogen and oxygen atoms in total. The smallest absolute Gasteiger partial charge is 0.369 e. The molecule has 6 rings (SSSR count). The number of aliphatic hydroxyl groups is 1. The minimum absolute atomic E-state index is 0.305. The van der Waals surface area contributed by atoms with Crippen LogP contribution < -0.4 is 0 Å². The summed E-state index contributed by atoms with van der Waals surface area (Å²) in [5, 5.41) is 9.61. The summed E-state index contributed by atoms with van der Waals surface area (Å²) in [5.41, 5.74) is -2.65. The molecule has 4 heterocycles. The second kappa shape index (κ2) is 9.87. The summed E-state index contributed by atoms with van der Waals surface area (Å²) < 4.78 is 93.1. The van der Waals surface area contributed by atoms with Crippen molar-refractivity contribution in [2.75, 3.05) is 13.1 Å². The molecule has 0 amide bonds. The minimum Gasteiger partial charge on any atom is -0.369 e. The van der Waals surface area contributed by atoms with Crippen LogP contribution in [0, 0.1) is 12.7 Å². The van der Waals surface area contributed by atoms with E-state index < -0.39 is 23.5 Å². The molecule has 0 radical (unpaired) electrons. The van der Waals surface area contributed by atoms with Gasteiger partial charge >= 0.3 is 12.4 Å². The Morgan fingerprint density at radius 1 is 0.897 bits per heavy atom. The second-order valence-corrected chi connectivity index (χ2v) is 10.3. The molecule has 3 aliphatic rings. The SMILES string of the molecule is Cc1cc(CN2CC3CC(C2)N3Cc2ccncc2F)ccc1-c1ccc(C(O)(C(F)(F)F)C(F)(F)F)cc1. The molecule has 1 aromatic heterocycles. The third kappa shape index (κ3) is 5.03. The molecule has 1 N–H and O–H groups in total. The fourth-order valence-corrected chi connectivity index (χ4v) is 5.68. The number of benzene rings is 2. The second-order valence-electron chi connectivity index (χ2n) is 10.3. The number of fused-ring (bicyclic) bond motifs is 2. The molecular weight excluding hydrogens is 527 g/mol. The average Bonchev–Trinajstić information content (AvgIpc) is 2.86. The zero-order chi connectivity index (χ0) is 28.2. The van der Waals surface area contributed by atoms with Crippen molar-refractivity contribution < 1.29 is 35.8 Å². The molecule has 39 heavy (non-hydrogen) atoms. The molecule has 0 spiro atoms. The van der Waals surface area contributed by atoms with E-state index in [4.69, 9.17) is 0 Å². The van der Waals surface area contributed by atoms with E-state index >= 15 is 0 Å². The summed E-state index contributed by atoms with van der Waals surface area (Å²) in [4.78, 5) is 8.44. The van der Waals surface area contributed by atoms with E-state index in [0.29, 0.717) is 54.0 Å². The van der Waals surface area contributed by atoms with E-state index in [1.807, 2.05) is 19.1 Å². The first-order chi connectivity index (χ1) is 18.3. The molecule has 208 valence electrons. The van der Waals surface area contributed by atoms with Crippen molar-refractivity contribution in [3.05, 3.63) is 89.0 Å². The zero-order valence-electron chi connectivity index (χ0n) is 20.9. The highest BCUT2D eigenvalue weighted by atomic mass is 19.4. The maximum atomic E-state index is 14.0. The van der Waals surface area contributed by atoms with Crippen molar-refractivity contribution in [1.29, 1.82) is 0 Å². The molecule has 3 aliphatic heterocycles. The van der Waals surface area contributed by atoms with Crippen molar-refractivity contribution in [3.63, 3.8) is 0 Å². The number of aryl methyl sites for hydroxylation is 1. The molecule has 3 aromatic rings. The number of halogens is 7. The van der Waals surface area contributed by atoms with Gasteiger partial charge in [0.15, 0.2) is 0 Å². The molecule has 11 heteroatoms. The first-order valence-electron chi connectivity index (χ1n) is 12.4. The predicted octanol–water partition coefficient (Wildman–Crippen LogP) is 5.97. The van der Waals surface area contributed by atoms with Crippen molar-refractivity contribution in [3.8, 4) is 11.1 Å². The monoisotopic (exact) mass is 553 g/mol. The molecule has 2 bridgehead atoms. The summed E-state index contributed by atoms with van der Waals surface area (Å²) in [6.07, 6.45) is -7.97. The highest BCUT2D eigenvalue weighted by Crippen LogP contribution is 2.50. The van der Waals surface area contributed by atoms with E-state index in [-0.39, 0.29) is 5.82 Å². The van der Waals surface area contributed by atoms with Crippen molar-refractivity contribution in [2.24, 2.45) is 0 Å². The summed E-state index contributed by atoms with van der Waals surface area (Å²) in [6.45, 7) is 4.74. The van der Waals surface area contributed by atoms with Crippen LogP contribution >= 0.6 is 0 Å². The fraction of sp³-hybridized carbons (Fsp3) is 0.393. The molecule has 2 atom stereocenters. The van der Waals surface area contributed by atoms with Gasteiger partial charge in [-0.2, -0.15) is 26.3 Å². The average molecular weight is 554 g/mol. The molecular formula is C28H26F7N3O. The number of alkyl halides is 6. The molecule has 2 unspecified atom stereocenters. The minimum atomic E-state index is -5.92. The van der Waals surface area contributed by atoms with Crippen LogP contribution in [0.15, 0.2) is 60.9 Å². The summed E-state index contributed by atoms with van der Waals surface area (Å²) in [6, 6.07) is 11.6. The van der Waals surface area contributed by atoms with E-state index in [9.17, 15) is 35.8 Å². The highest BCUT2D eigenvalue weighted by molar-refractivity contribution is 5.68. The first-order valence-corrected chi connectivity index (χ1v) is 12.4. The van der Waals surface area contributed by atoms with Crippen molar-refractivity contribution in [2.45, 2.75) is 56.5 Å². The van der Waals surface area contributed by atoms with Crippen LogP contribution in [0.3, 0.4) is 0 Å². The Labute approximate surface area is 220 Å². The summed E-state index contributed by atoms with van der Waals surface area (Å²) in [7, 11) is 0. The Morgan fingerprint density at radius 3 is 2.10 bits per heavy atom. The van der Waals surface area contributed by atoms with Gasteiger partial charge in [-0.05, 0) is 41.7 Å². The maximum Gasteiger partial charge on any atom is 0.430 e. The van der Waals surface area contributed by atoms with Gasteiger partial charge in [0.2, 0.25) is 0 Å². The van der Waals surface area contributed by atoms with E-state index in [1.165, 1.54) is 6.20 Å². The number of nitrogens with zero attached hydrogens (tertiary/aromatic N) is 3. The van der Waals surface area contributed by atoms with Gasteiger partial charge in [0.05, 0.1) is 6.20 Å². The predicted molar refractivity (Wildman–Crippen MR) is 130 cm³/mol. The standard InChI is InChI=1S/C28H26F7N3O/c1-17-10-18(13-37-15-22-11-23(16-37)38(22)14-20-8-9-36-12-25(20)29)2-7-24(17)19-3-5-21(6-4-19)26(39,27(30,31)32)28(33,34)35/h2-10,12,22-23,39H,11,13-16H2,1H3. The molecule has 0 aliphatic carbocycles. The highest BCUT2D eigenvalue weighted by Gasteiger charge is 2.71. The van der Waals surface area contributed by atoms with E-state index in [1.54, 1.807) is 18.3 Å². The van der Waals surface area contributed by atoms with Crippen LogP contribution in [-0.2, 0) is 18.7 Å². The third-order valence-electron chi connectivity index (χ3n) is 7.76. The van der Waals surface area contributed by atoms with Gasteiger partial charge in [0, 0.05) is 55.6 Å². The quantitative estimate of drug-likeness (QED) is 0.382. The number of piperazine rings is 1. The number of pyridine rings is 1. The maximum absolute atomic E-state index is 14.0. The Kier molecular flexibility index (Phi) is 6.97. The Bertz CT molecular complexity index is 1310. The van der Waals surface area contributed by atoms with Gasteiger partial charge < -0.3 is 5.11 Å². The van der Waals surface area contributed by atoms with Crippen LogP contribution in [0.1, 0.15) is 28.7 Å². The largest absolute Gasteiger partial charge is 0.430 e. The summed E-state index contributed by atoms with van der Waals surface area (Å²) >= 11 is 0. The molecule has 2 aromatic carbocycles. The van der Waals surface area contributed by atoms with Crippen molar-refractivity contribution in [1.82, 2.24) is 14.8 Å². The zero-order valence-corrected chi connectivity index (χ0v) is 20.9. The van der Waals surface area contributed by atoms with Gasteiger partial charge in [0.25, 0.3) is 5.60 Å². The number of rotatable bonds is 6. The van der Waals surface area contributed by atoms with Crippen LogP contribution in [0.2, 0.25) is 0 Å². The van der Waals surface area contributed by atoms with Crippen molar-refractivity contribution >= 4 is 0 Å².